The Hall–Kier alpha value is -1.64. The third-order valence-corrected chi connectivity index (χ3v) is 3.51. The van der Waals surface area contributed by atoms with Gasteiger partial charge >= 0.3 is 0 Å². The van der Waals surface area contributed by atoms with Crippen molar-refractivity contribution in [2.75, 3.05) is 11.9 Å². The second-order valence-corrected chi connectivity index (χ2v) is 5.00. The van der Waals surface area contributed by atoms with Gasteiger partial charge in [0.25, 0.3) is 0 Å². The summed E-state index contributed by atoms with van der Waals surface area (Å²) >= 11 is 0. The topological polar surface area (TPSA) is 37.4 Å². The molecule has 0 aromatic heterocycles. The first kappa shape index (κ1) is 11.8. The summed E-state index contributed by atoms with van der Waals surface area (Å²) in [6.45, 7) is 5.65. The van der Waals surface area contributed by atoms with E-state index in [1.807, 2.05) is 32.9 Å². The Kier molecular flexibility index (Phi) is 2.57. The third-order valence-electron chi connectivity index (χ3n) is 3.51. The highest BCUT2D eigenvalue weighted by molar-refractivity contribution is 6.08. The monoisotopic (exact) mass is 231 g/mol. The van der Waals surface area contributed by atoms with E-state index >= 15 is 0 Å². The lowest BCUT2D eigenvalue weighted by Gasteiger charge is -2.16. The van der Waals surface area contributed by atoms with Crippen molar-refractivity contribution in [1.82, 2.24) is 0 Å². The molecule has 1 aromatic carbocycles. The minimum Gasteiger partial charge on any atom is -0.314 e. The predicted octanol–water partition coefficient (Wildman–Crippen LogP) is 2.53. The molecule has 3 heteroatoms. The van der Waals surface area contributed by atoms with E-state index in [0.717, 1.165) is 11.3 Å². The zero-order valence-corrected chi connectivity index (χ0v) is 10.7. The number of ketones is 1. The normalized spacial score (nSPS) is 17.2. The molecule has 0 fully saturated rings. The van der Waals surface area contributed by atoms with Crippen LogP contribution in [-0.2, 0) is 10.2 Å². The number of hydrogen-bond acceptors (Lipinski definition) is 2. The molecule has 1 aromatic rings. The first-order chi connectivity index (χ1) is 7.89. The van der Waals surface area contributed by atoms with Crippen molar-refractivity contribution in [1.29, 1.82) is 0 Å². The van der Waals surface area contributed by atoms with E-state index in [9.17, 15) is 9.59 Å². The number of likely N-dealkylation sites (N-methyl/N-ethyl adjacent to an activating group) is 1. The summed E-state index contributed by atoms with van der Waals surface area (Å²) in [7, 11) is 1.78. The molecule has 1 amide bonds. The van der Waals surface area contributed by atoms with E-state index in [-0.39, 0.29) is 11.7 Å². The number of Topliss-reactive ketones (excluding diaryl/α,β-unsaturated/α-hetero) is 1. The van der Waals surface area contributed by atoms with Crippen LogP contribution < -0.4 is 4.90 Å². The molecular weight excluding hydrogens is 214 g/mol. The van der Waals surface area contributed by atoms with Gasteiger partial charge in [-0.25, -0.2) is 0 Å². The fourth-order valence-corrected chi connectivity index (χ4v) is 2.35. The maximum atomic E-state index is 12.1. The van der Waals surface area contributed by atoms with E-state index in [4.69, 9.17) is 0 Å². The summed E-state index contributed by atoms with van der Waals surface area (Å²) in [6, 6.07) is 5.53. The molecule has 0 atom stereocenters. The van der Waals surface area contributed by atoms with Gasteiger partial charge in [0.2, 0.25) is 5.91 Å². The minimum atomic E-state index is -0.534. The lowest BCUT2D eigenvalue weighted by molar-refractivity contribution is -0.121. The van der Waals surface area contributed by atoms with Crippen LogP contribution in [0.25, 0.3) is 0 Å². The quantitative estimate of drug-likeness (QED) is 0.733. The van der Waals surface area contributed by atoms with Gasteiger partial charge in [-0.15, -0.1) is 0 Å². The number of hydrogen-bond donors (Lipinski definition) is 0. The highest BCUT2D eigenvalue weighted by Gasteiger charge is 2.42. The number of amides is 1. The number of benzene rings is 1. The van der Waals surface area contributed by atoms with Crippen molar-refractivity contribution in [3.63, 3.8) is 0 Å². The molecule has 0 spiro atoms. The molecule has 1 heterocycles. The van der Waals surface area contributed by atoms with Crippen molar-refractivity contribution in [2.45, 2.75) is 32.6 Å². The first-order valence-electron chi connectivity index (χ1n) is 5.85. The molecule has 0 bridgehead atoms. The van der Waals surface area contributed by atoms with E-state index < -0.39 is 5.41 Å². The summed E-state index contributed by atoms with van der Waals surface area (Å²) < 4.78 is 0. The summed E-state index contributed by atoms with van der Waals surface area (Å²) in [5, 5.41) is 0. The average Bonchev–Trinajstić information content (AvgIpc) is 2.50. The fourth-order valence-electron chi connectivity index (χ4n) is 2.35. The van der Waals surface area contributed by atoms with Gasteiger partial charge in [0.15, 0.2) is 5.78 Å². The zero-order chi connectivity index (χ0) is 12.8. The number of fused-ring (bicyclic) bond motifs is 1. The Morgan fingerprint density at radius 1 is 1.35 bits per heavy atom. The van der Waals surface area contributed by atoms with Crippen molar-refractivity contribution >= 4 is 17.4 Å². The van der Waals surface area contributed by atoms with E-state index in [2.05, 4.69) is 0 Å². The number of rotatable bonds is 2. The van der Waals surface area contributed by atoms with Crippen LogP contribution in [0.15, 0.2) is 18.2 Å². The Balaban J connectivity index is 2.58. The highest BCUT2D eigenvalue weighted by Crippen LogP contribution is 2.41. The van der Waals surface area contributed by atoms with Gasteiger partial charge < -0.3 is 4.90 Å². The summed E-state index contributed by atoms with van der Waals surface area (Å²) in [5.41, 5.74) is 2.02. The van der Waals surface area contributed by atoms with Crippen LogP contribution in [0.3, 0.4) is 0 Å². The minimum absolute atomic E-state index is 0.0774. The van der Waals surface area contributed by atoms with Gasteiger partial charge in [0.05, 0.1) is 5.41 Å². The maximum absolute atomic E-state index is 12.1. The van der Waals surface area contributed by atoms with Crippen molar-refractivity contribution in [3.05, 3.63) is 29.3 Å². The number of carbonyl (C=O) groups is 2. The second-order valence-electron chi connectivity index (χ2n) is 5.00. The molecule has 1 aliphatic rings. The molecule has 0 saturated carbocycles. The van der Waals surface area contributed by atoms with Gasteiger partial charge in [0, 0.05) is 24.7 Å². The van der Waals surface area contributed by atoms with E-state index in [0.29, 0.717) is 12.0 Å². The van der Waals surface area contributed by atoms with Crippen LogP contribution in [0.2, 0.25) is 0 Å². The lowest BCUT2D eigenvalue weighted by atomic mass is 9.85. The van der Waals surface area contributed by atoms with Crippen LogP contribution in [0, 0.1) is 0 Å². The average molecular weight is 231 g/mol. The Morgan fingerprint density at radius 2 is 2.00 bits per heavy atom. The van der Waals surface area contributed by atoms with Crippen molar-refractivity contribution in [3.8, 4) is 0 Å². The summed E-state index contributed by atoms with van der Waals surface area (Å²) in [5.74, 6) is 0.194. The van der Waals surface area contributed by atoms with Crippen molar-refractivity contribution in [2.24, 2.45) is 0 Å². The number of carbonyl (C=O) groups excluding carboxylic acids is 2. The molecule has 0 saturated heterocycles. The predicted molar refractivity (Wildman–Crippen MR) is 67.5 cm³/mol. The van der Waals surface area contributed by atoms with E-state index in [1.54, 1.807) is 18.0 Å². The smallest absolute Gasteiger partial charge is 0.236 e. The fraction of sp³-hybridized carbons (Fsp3) is 0.429. The summed E-state index contributed by atoms with van der Waals surface area (Å²) in [6.07, 6.45) is 0.489. The van der Waals surface area contributed by atoms with Crippen molar-refractivity contribution < 1.29 is 9.59 Å². The number of nitrogens with zero attached hydrogens (tertiary/aromatic N) is 1. The van der Waals surface area contributed by atoms with Gasteiger partial charge in [0.1, 0.15) is 0 Å². The molecule has 2 rings (SSSR count). The molecule has 0 N–H and O–H groups in total. The Bertz CT molecular complexity index is 503. The van der Waals surface area contributed by atoms with Crippen LogP contribution >= 0.6 is 0 Å². The molecule has 0 unspecified atom stereocenters. The van der Waals surface area contributed by atoms with Gasteiger partial charge in [-0.3, -0.25) is 9.59 Å². The SMILES string of the molecule is CCC(=O)c1ccc2c(c1)C(C)(C)C(=O)N2C. The van der Waals surface area contributed by atoms with Gasteiger partial charge in [-0.05, 0) is 37.6 Å². The highest BCUT2D eigenvalue weighted by atomic mass is 16.2. The molecule has 0 radical (unpaired) electrons. The largest absolute Gasteiger partial charge is 0.314 e. The maximum Gasteiger partial charge on any atom is 0.236 e. The third kappa shape index (κ3) is 1.57. The first-order valence-corrected chi connectivity index (χ1v) is 5.85. The zero-order valence-electron chi connectivity index (χ0n) is 10.7. The van der Waals surface area contributed by atoms with Crippen LogP contribution in [0.4, 0.5) is 5.69 Å². The Morgan fingerprint density at radius 3 is 2.59 bits per heavy atom. The molecular formula is C14H17NO2. The summed E-state index contributed by atoms with van der Waals surface area (Å²) in [4.78, 5) is 25.4. The van der Waals surface area contributed by atoms with Crippen LogP contribution in [0.5, 0.6) is 0 Å². The second kappa shape index (κ2) is 3.69. The lowest BCUT2D eigenvalue weighted by Crippen LogP contribution is -2.33. The molecule has 1 aliphatic heterocycles. The standard InChI is InChI=1S/C14H17NO2/c1-5-12(16)9-6-7-11-10(8-9)14(2,3)13(17)15(11)4/h6-8H,5H2,1-4H3. The van der Waals surface area contributed by atoms with Gasteiger partial charge in [-0.1, -0.05) is 6.92 Å². The number of anilines is 1. The van der Waals surface area contributed by atoms with Crippen LogP contribution in [0.1, 0.15) is 43.1 Å². The van der Waals surface area contributed by atoms with Gasteiger partial charge in [-0.2, -0.15) is 0 Å². The molecule has 3 nitrogen and oxygen atoms in total. The molecule has 17 heavy (non-hydrogen) atoms. The van der Waals surface area contributed by atoms with Crippen LogP contribution in [-0.4, -0.2) is 18.7 Å². The Labute approximate surface area is 101 Å². The molecule has 0 aliphatic carbocycles. The van der Waals surface area contributed by atoms with E-state index in [1.165, 1.54) is 0 Å². The molecule has 90 valence electrons.